The Kier molecular flexibility index (Phi) is 6.25. The number of hydrogen-bond donors (Lipinski definition) is 2. The highest BCUT2D eigenvalue weighted by Gasteiger charge is 1.99. The summed E-state index contributed by atoms with van der Waals surface area (Å²) in [6.45, 7) is 0.603. The lowest BCUT2D eigenvalue weighted by atomic mass is 10.0. The lowest BCUT2D eigenvalue weighted by molar-refractivity contribution is 0.201. The molecule has 2 aromatic rings. The smallest absolute Gasteiger partial charge is 0.119 e. The van der Waals surface area contributed by atoms with Gasteiger partial charge in [-0.3, -0.25) is 0 Å². The van der Waals surface area contributed by atoms with E-state index in [1.165, 1.54) is 16.7 Å². The van der Waals surface area contributed by atoms with Crippen molar-refractivity contribution >= 4 is 0 Å². The Morgan fingerprint density at radius 2 is 1.29 bits per heavy atom. The van der Waals surface area contributed by atoms with Gasteiger partial charge in [0.05, 0.1) is 6.61 Å². The standard InChI is InChI=1S/C18H22O3/c19-11-1-2-15-3-5-16(6-4-15)14-17-7-9-18(10-8-17)21-13-12-20/h3-10,19-20H,1-2,11-14H2. The molecule has 0 saturated carbocycles. The molecule has 2 N–H and O–H groups in total. The second-order valence-corrected chi connectivity index (χ2v) is 5.04. The lowest BCUT2D eigenvalue weighted by Gasteiger charge is -2.07. The molecule has 3 nitrogen and oxygen atoms in total. The summed E-state index contributed by atoms with van der Waals surface area (Å²) in [5.74, 6) is 0.784. The van der Waals surface area contributed by atoms with E-state index in [9.17, 15) is 0 Å². The zero-order valence-corrected chi connectivity index (χ0v) is 12.2. The molecule has 0 bridgehead atoms. The molecule has 0 saturated heterocycles. The van der Waals surface area contributed by atoms with Gasteiger partial charge in [0.1, 0.15) is 12.4 Å². The van der Waals surface area contributed by atoms with Gasteiger partial charge in [0.15, 0.2) is 0 Å². The lowest BCUT2D eigenvalue weighted by Crippen LogP contribution is -2.01. The van der Waals surface area contributed by atoms with Crippen molar-refractivity contribution < 1.29 is 14.9 Å². The average molecular weight is 286 g/mol. The van der Waals surface area contributed by atoms with Crippen LogP contribution in [0.5, 0.6) is 5.75 Å². The molecule has 112 valence electrons. The van der Waals surface area contributed by atoms with E-state index in [1.54, 1.807) is 0 Å². The van der Waals surface area contributed by atoms with Gasteiger partial charge in [0, 0.05) is 6.61 Å². The Morgan fingerprint density at radius 1 is 0.714 bits per heavy atom. The predicted octanol–water partition coefficient (Wildman–Crippen LogP) is 2.57. The Balaban J connectivity index is 1.91. The van der Waals surface area contributed by atoms with E-state index in [1.807, 2.05) is 24.3 Å². The van der Waals surface area contributed by atoms with Crippen LogP contribution in [0.25, 0.3) is 0 Å². The van der Waals surface area contributed by atoms with Crippen LogP contribution in [0.3, 0.4) is 0 Å². The van der Waals surface area contributed by atoms with Crippen LogP contribution in [0.4, 0.5) is 0 Å². The molecular formula is C18H22O3. The molecule has 3 heteroatoms. The van der Waals surface area contributed by atoms with Gasteiger partial charge in [-0.15, -0.1) is 0 Å². The first-order valence-electron chi connectivity index (χ1n) is 7.33. The van der Waals surface area contributed by atoms with Crippen LogP contribution in [-0.4, -0.2) is 30.0 Å². The van der Waals surface area contributed by atoms with E-state index in [2.05, 4.69) is 24.3 Å². The summed E-state index contributed by atoms with van der Waals surface area (Å²) in [5.41, 5.74) is 3.77. The highest BCUT2D eigenvalue weighted by molar-refractivity contribution is 5.32. The van der Waals surface area contributed by atoms with E-state index in [4.69, 9.17) is 14.9 Å². The number of aryl methyl sites for hydroxylation is 1. The molecule has 0 aliphatic carbocycles. The SMILES string of the molecule is OCCCc1ccc(Cc2ccc(OCCO)cc2)cc1. The monoisotopic (exact) mass is 286 g/mol. The van der Waals surface area contributed by atoms with Gasteiger partial charge >= 0.3 is 0 Å². The zero-order valence-electron chi connectivity index (χ0n) is 12.2. The summed E-state index contributed by atoms with van der Waals surface area (Å²) >= 11 is 0. The maximum absolute atomic E-state index is 8.83. The molecule has 0 fully saturated rings. The fourth-order valence-electron chi connectivity index (χ4n) is 2.21. The van der Waals surface area contributed by atoms with Gasteiger partial charge in [0.2, 0.25) is 0 Å². The third-order valence-electron chi connectivity index (χ3n) is 3.34. The second kappa shape index (κ2) is 8.45. The molecule has 0 heterocycles. The molecule has 0 amide bonds. The van der Waals surface area contributed by atoms with Crippen molar-refractivity contribution in [3.63, 3.8) is 0 Å². The molecule has 0 unspecified atom stereocenters. The number of ether oxygens (including phenoxy) is 1. The van der Waals surface area contributed by atoms with Crippen molar-refractivity contribution in [3.05, 3.63) is 65.2 Å². The number of rotatable bonds is 8. The van der Waals surface area contributed by atoms with Gasteiger partial charge in [-0.05, 0) is 48.1 Å². The number of hydrogen-bond acceptors (Lipinski definition) is 3. The largest absolute Gasteiger partial charge is 0.491 e. The first-order chi connectivity index (χ1) is 10.3. The predicted molar refractivity (Wildman–Crippen MR) is 83.7 cm³/mol. The third-order valence-corrected chi connectivity index (χ3v) is 3.34. The van der Waals surface area contributed by atoms with Crippen LogP contribution in [0, 0.1) is 0 Å². The highest BCUT2D eigenvalue weighted by atomic mass is 16.5. The molecule has 0 spiro atoms. The van der Waals surface area contributed by atoms with Crippen molar-refractivity contribution in [3.8, 4) is 5.75 Å². The van der Waals surface area contributed by atoms with E-state index >= 15 is 0 Å². The molecular weight excluding hydrogens is 264 g/mol. The second-order valence-electron chi connectivity index (χ2n) is 5.04. The topological polar surface area (TPSA) is 49.7 Å². The number of aliphatic hydroxyl groups is 2. The summed E-state index contributed by atoms with van der Waals surface area (Å²) in [6, 6.07) is 16.5. The maximum atomic E-state index is 8.83. The minimum atomic E-state index is 0.0321. The summed E-state index contributed by atoms with van der Waals surface area (Å²) in [5, 5.41) is 17.5. The van der Waals surface area contributed by atoms with Crippen molar-refractivity contribution in [2.75, 3.05) is 19.8 Å². The molecule has 2 rings (SSSR count). The summed E-state index contributed by atoms with van der Waals surface area (Å²) in [7, 11) is 0. The Hall–Kier alpha value is -1.84. The molecule has 2 aromatic carbocycles. The first-order valence-corrected chi connectivity index (χ1v) is 7.33. The van der Waals surface area contributed by atoms with Crippen molar-refractivity contribution in [2.24, 2.45) is 0 Å². The maximum Gasteiger partial charge on any atom is 0.119 e. The van der Waals surface area contributed by atoms with Crippen molar-refractivity contribution in [2.45, 2.75) is 19.3 Å². The van der Waals surface area contributed by atoms with E-state index in [0.717, 1.165) is 25.0 Å². The van der Waals surface area contributed by atoms with Crippen molar-refractivity contribution in [1.82, 2.24) is 0 Å². The zero-order chi connectivity index (χ0) is 14.9. The Bertz CT molecular complexity index is 468. The van der Waals surface area contributed by atoms with E-state index < -0.39 is 0 Å². The number of benzene rings is 2. The third kappa shape index (κ3) is 5.21. The Labute approximate surface area is 125 Å². The van der Waals surface area contributed by atoms with Gasteiger partial charge in [-0.1, -0.05) is 36.4 Å². The van der Waals surface area contributed by atoms with Crippen LogP contribution in [0.15, 0.2) is 48.5 Å². The highest BCUT2D eigenvalue weighted by Crippen LogP contribution is 2.16. The fraction of sp³-hybridized carbons (Fsp3) is 0.333. The van der Waals surface area contributed by atoms with Gasteiger partial charge in [0.25, 0.3) is 0 Å². The van der Waals surface area contributed by atoms with Gasteiger partial charge < -0.3 is 14.9 Å². The molecule has 0 aliphatic heterocycles. The fourth-order valence-corrected chi connectivity index (χ4v) is 2.21. The minimum absolute atomic E-state index is 0.0321. The summed E-state index contributed by atoms with van der Waals surface area (Å²) in [6.07, 6.45) is 2.63. The van der Waals surface area contributed by atoms with Crippen LogP contribution >= 0.6 is 0 Å². The van der Waals surface area contributed by atoms with Gasteiger partial charge in [-0.25, -0.2) is 0 Å². The average Bonchev–Trinajstić information content (AvgIpc) is 2.53. The van der Waals surface area contributed by atoms with Crippen LogP contribution < -0.4 is 4.74 Å². The molecule has 0 radical (unpaired) electrons. The molecule has 0 aliphatic rings. The van der Waals surface area contributed by atoms with Crippen LogP contribution in [0.1, 0.15) is 23.1 Å². The first kappa shape index (κ1) is 15.5. The van der Waals surface area contributed by atoms with Gasteiger partial charge in [-0.2, -0.15) is 0 Å². The minimum Gasteiger partial charge on any atom is -0.491 e. The molecule has 21 heavy (non-hydrogen) atoms. The molecule has 0 aromatic heterocycles. The Morgan fingerprint density at radius 3 is 1.86 bits per heavy atom. The summed E-state index contributed by atoms with van der Waals surface area (Å²) in [4.78, 5) is 0. The summed E-state index contributed by atoms with van der Waals surface area (Å²) < 4.78 is 5.34. The normalized spacial score (nSPS) is 10.6. The number of aliphatic hydroxyl groups excluding tert-OH is 2. The van der Waals surface area contributed by atoms with Crippen LogP contribution in [-0.2, 0) is 12.8 Å². The van der Waals surface area contributed by atoms with E-state index in [-0.39, 0.29) is 13.2 Å². The van der Waals surface area contributed by atoms with Crippen molar-refractivity contribution in [1.29, 1.82) is 0 Å². The molecule has 0 atom stereocenters. The van der Waals surface area contributed by atoms with E-state index in [0.29, 0.717) is 6.61 Å². The van der Waals surface area contributed by atoms with Crippen LogP contribution in [0.2, 0.25) is 0 Å². The quantitative estimate of drug-likeness (QED) is 0.784.